The van der Waals surface area contributed by atoms with Crippen LogP contribution in [0, 0.1) is 16.7 Å². The first kappa shape index (κ1) is 59.4. The van der Waals surface area contributed by atoms with E-state index in [1.54, 1.807) is 6.92 Å². The van der Waals surface area contributed by atoms with Crippen molar-refractivity contribution in [3.05, 3.63) is 0 Å². The maximum absolute atomic E-state index is 13.1. The Bertz CT molecular complexity index is 1210. The zero-order chi connectivity index (χ0) is 44.6. The minimum Gasteiger partial charge on any atom is -0.396 e. The Balaban J connectivity index is 0.00000555. The predicted octanol–water partition coefficient (Wildman–Crippen LogP) is 9.30. The maximum atomic E-state index is 13.1. The standard InChI is InChI=1S/C33H69O16P3S2.C5H10.Fe/c1-32(24-35,25-41-18-9-3-5-11-22-53)27-45-50(36,37)46-28-33(2,26-42-19-10-4-6-12-23-54)29-47-51(38,39)48-30-49-52(40,44-21-17-34)43-20-13-16-31-14-7-8-15-31;1-2-4-5-3-1;/h31,34-35,53-54H,3-30H2,1-2H3,(H,36,37)(H,38,39);1-5H2;/i21T;;. The molecule has 22 heteroatoms. The minimum absolute atomic E-state index is 0. The Kier molecular flexibility index (Phi) is 36.1. The van der Waals surface area contributed by atoms with E-state index in [-0.39, 0.29) is 50.1 Å². The Labute approximate surface area is 383 Å². The first-order valence-corrected chi connectivity index (χ1v) is 27.1. The Morgan fingerprint density at radius 3 is 1.53 bits per heavy atom. The van der Waals surface area contributed by atoms with Crippen molar-refractivity contribution in [3.63, 3.8) is 0 Å². The van der Waals surface area contributed by atoms with Gasteiger partial charge in [-0.1, -0.05) is 97.3 Å². The topological polar surface area (TPSA) is 215 Å². The molecule has 0 heterocycles. The SMILES string of the molecule is C1CCCC1.[3H]C(CO)OP(=O)(OCCCC1CCCC1)OCOP(=O)(O)OCC(C)(COCCCCCCS)COP(=O)(O)OCC(C)(CO)COCCCCCCS.[Fe]. The van der Waals surface area contributed by atoms with Gasteiger partial charge in [-0.15, -0.1) is 0 Å². The summed E-state index contributed by atoms with van der Waals surface area (Å²) in [7, 11) is -14.1. The van der Waals surface area contributed by atoms with Crippen LogP contribution in [0.15, 0.2) is 0 Å². The Hall–Kier alpha value is 1.39. The van der Waals surface area contributed by atoms with Crippen molar-refractivity contribution in [3.8, 4) is 0 Å². The number of phosphoric ester groups is 3. The minimum atomic E-state index is -4.92. The molecule has 2 saturated carbocycles. The number of phosphoric acid groups is 3. The van der Waals surface area contributed by atoms with Gasteiger partial charge in [-0.3, -0.25) is 31.7 Å². The van der Waals surface area contributed by atoms with Gasteiger partial charge in [-0.05, 0) is 55.9 Å². The summed E-state index contributed by atoms with van der Waals surface area (Å²) in [5.41, 5.74) is -2.28. The molecule has 362 valence electrons. The molecule has 16 nitrogen and oxygen atoms in total. The zero-order valence-electron chi connectivity index (χ0n) is 37.1. The second-order valence-electron chi connectivity index (χ2n) is 16.1. The maximum Gasteiger partial charge on any atom is 0.477 e. The number of hydrogen-bond acceptors (Lipinski definition) is 16. The number of aliphatic hydroxyl groups is 2. The molecule has 0 spiro atoms. The van der Waals surface area contributed by atoms with Crippen molar-refractivity contribution in [1.29, 1.82) is 0 Å². The van der Waals surface area contributed by atoms with E-state index in [0.717, 1.165) is 82.1 Å². The summed E-state index contributed by atoms with van der Waals surface area (Å²) in [5, 5.41) is 19.2. The van der Waals surface area contributed by atoms with E-state index in [0.29, 0.717) is 25.6 Å². The molecule has 4 N–H and O–H groups in total. The molecule has 0 aromatic rings. The van der Waals surface area contributed by atoms with Gasteiger partial charge in [-0.25, -0.2) is 13.7 Å². The third-order valence-corrected chi connectivity index (χ3v) is 13.6. The molecular formula is C38H79FeO16P3S2. The molecule has 0 bridgehead atoms. The third kappa shape index (κ3) is 33.0. The fourth-order valence-corrected chi connectivity index (χ4v) is 9.40. The van der Waals surface area contributed by atoms with E-state index in [1.165, 1.54) is 51.9 Å². The quantitative estimate of drug-likeness (QED) is 0.0112. The Morgan fingerprint density at radius 1 is 0.583 bits per heavy atom. The van der Waals surface area contributed by atoms with Crippen LogP contribution in [-0.4, -0.2) is 111 Å². The van der Waals surface area contributed by atoms with Crippen LogP contribution in [0.25, 0.3) is 0 Å². The van der Waals surface area contributed by atoms with Gasteiger partial charge in [-0.2, -0.15) is 25.3 Å². The molecule has 2 fully saturated rings. The summed E-state index contributed by atoms with van der Waals surface area (Å²) in [6.07, 6.45) is 20.9. The molecule has 0 aromatic heterocycles. The van der Waals surface area contributed by atoms with Crippen molar-refractivity contribution >= 4 is 48.7 Å². The largest absolute Gasteiger partial charge is 0.477 e. The first-order chi connectivity index (χ1) is 28.5. The van der Waals surface area contributed by atoms with Crippen molar-refractivity contribution < 1.29 is 93.3 Å². The van der Waals surface area contributed by atoms with Crippen LogP contribution in [0.1, 0.15) is 137 Å². The van der Waals surface area contributed by atoms with E-state index in [4.69, 9.17) is 42.5 Å². The number of ether oxygens (including phenoxy) is 2. The summed E-state index contributed by atoms with van der Waals surface area (Å²) < 4.78 is 93.9. The normalized spacial score (nSPS) is 20.4. The van der Waals surface area contributed by atoms with Crippen LogP contribution in [-0.2, 0) is 71.9 Å². The van der Waals surface area contributed by atoms with Crippen molar-refractivity contribution in [2.75, 3.05) is 91.0 Å². The van der Waals surface area contributed by atoms with Gasteiger partial charge >= 0.3 is 23.5 Å². The van der Waals surface area contributed by atoms with Crippen LogP contribution < -0.4 is 0 Å². The second kappa shape index (κ2) is 36.5. The first-order valence-electron chi connectivity index (χ1n) is 21.9. The van der Waals surface area contributed by atoms with Gasteiger partial charge in [0.25, 0.3) is 0 Å². The fraction of sp³-hybridized carbons (Fsp3) is 1.00. The van der Waals surface area contributed by atoms with Crippen LogP contribution >= 0.6 is 48.7 Å². The Morgan fingerprint density at radius 2 is 1.05 bits per heavy atom. The molecule has 0 saturated heterocycles. The summed E-state index contributed by atoms with van der Waals surface area (Å²) in [4.78, 5) is 21.0. The number of hydrogen-bond donors (Lipinski definition) is 6. The summed E-state index contributed by atoms with van der Waals surface area (Å²) in [6, 6.07) is 0. The van der Waals surface area contributed by atoms with Gasteiger partial charge in [0.2, 0.25) is 0 Å². The molecule has 2 rings (SSSR count). The van der Waals surface area contributed by atoms with E-state index >= 15 is 0 Å². The molecule has 0 aromatic carbocycles. The second-order valence-corrected chi connectivity index (χ2v) is 21.5. The van der Waals surface area contributed by atoms with Gasteiger partial charge in [0.1, 0.15) is 0 Å². The monoisotopic (exact) mass is 1010 g/mol. The van der Waals surface area contributed by atoms with Gasteiger partial charge < -0.3 is 29.5 Å². The molecule has 2 aliphatic rings. The molecule has 6 unspecified atom stereocenters. The van der Waals surface area contributed by atoms with Crippen LogP contribution in [0.4, 0.5) is 0 Å². The van der Waals surface area contributed by atoms with Crippen LogP contribution in [0.5, 0.6) is 0 Å². The van der Waals surface area contributed by atoms with Crippen LogP contribution in [0.2, 0.25) is 0 Å². The molecule has 0 radical (unpaired) electrons. The number of unbranched alkanes of at least 4 members (excludes halogenated alkanes) is 6. The summed E-state index contributed by atoms with van der Waals surface area (Å²) in [5.74, 6) is 2.15. The average Bonchev–Trinajstić information content (AvgIpc) is 3.98. The van der Waals surface area contributed by atoms with E-state index in [2.05, 4.69) is 25.3 Å². The van der Waals surface area contributed by atoms with E-state index in [9.17, 15) is 33.7 Å². The van der Waals surface area contributed by atoms with Crippen LogP contribution in [0.3, 0.4) is 0 Å². The molecule has 2 aliphatic carbocycles. The van der Waals surface area contributed by atoms with E-state index in [1.807, 2.05) is 0 Å². The van der Waals surface area contributed by atoms with Crippen molar-refractivity contribution in [2.45, 2.75) is 136 Å². The van der Waals surface area contributed by atoms with E-state index < -0.39 is 67.5 Å². The smallest absolute Gasteiger partial charge is 0.396 e. The molecule has 60 heavy (non-hydrogen) atoms. The molecule has 6 atom stereocenters. The predicted molar refractivity (Wildman–Crippen MR) is 235 cm³/mol. The van der Waals surface area contributed by atoms with Gasteiger partial charge in [0, 0.05) is 41.1 Å². The van der Waals surface area contributed by atoms with Crippen molar-refractivity contribution in [1.82, 2.24) is 0 Å². The van der Waals surface area contributed by atoms with Crippen molar-refractivity contribution in [2.24, 2.45) is 16.7 Å². The zero-order valence-corrected chi connectivity index (χ0v) is 41.6. The summed E-state index contributed by atoms with van der Waals surface area (Å²) in [6.45, 7) is -1.47. The van der Waals surface area contributed by atoms with Gasteiger partial charge in [0.15, 0.2) is 6.79 Å². The molecule has 0 aliphatic heterocycles. The summed E-state index contributed by atoms with van der Waals surface area (Å²) >= 11 is 8.41. The number of rotatable bonds is 38. The van der Waals surface area contributed by atoms with Gasteiger partial charge in [0.05, 0.1) is 60.8 Å². The number of thiol groups is 2. The average molecular weight is 1010 g/mol. The number of aliphatic hydroxyl groups excluding tert-OH is 2. The molecular weight excluding hydrogens is 925 g/mol. The molecule has 0 amide bonds. The third-order valence-electron chi connectivity index (χ3n) is 9.84. The fourth-order valence-electron chi connectivity index (χ4n) is 6.13.